The van der Waals surface area contributed by atoms with Gasteiger partial charge in [0.15, 0.2) is 5.16 Å². The Morgan fingerprint density at radius 1 is 1.25 bits per heavy atom. The molecule has 3 heterocycles. The van der Waals surface area contributed by atoms with E-state index in [4.69, 9.17) is 0 Å². The molecule has 6 heteroatoms. The van der Waals surface area contributed by atoms with Crippen LogP contribution < -0.4 is 5.32 Å². The van der Waals surface area contributed by atoms with Crippen molar-refractivity contribution in [2.24, 2.45) is 0 Å². The van der Waals surface area contributed by atoms with Crippen LogP contribution in [0.2, 0.25) is 0 Å². The number of pyridine rings is 1. The summed E-state index contributed by atoms with van der Waals surface area (Å²) in [5.74, 6) is 0. The summed E-state index contributed by atoms with van der Waals surface area (Å²) in [5.41, 5.74) is 3.02. The van der Waals surface area contributed by atoms with Gasteiger partial charge < -0.3 is 9.72 Å². The van der Waals surface area contributed by atoms with E-state index in [1.54, 1.807) is 6.20 Å². The first-order valence-corrected chi connectivity index (χ1v) is 7.17. The van der Waals surface area contributed by atoms with Gasteiger partial charge in [0.25, 0.3) is 0 Å². The van der Waals surface area contributed by atoms with Crippen molar-refractivity contribution in [2.45, 2.75) is 23.7 Å². The van der Waals surface area contributed by atoms with Crippen molar-refractivity contribution in [3.8, 4) is 0 Å². The molecule has 0 saturated carbocycles. The molecule has 102 valence electrons. The molecular weight excluding hydrogens is 270 g/mol. The van der Waals surface area contributed by atoms with Crippen molar-refractivity contribution < 1.29 is 0 Å². The van der Waals surface area contributed by atoms with Crippen molar-refractivity contribution in [2.75, 3.05) is 7.05 Å². The molecule has 1 N–H and O–H groups in total. The Kier molecular flexibility index (Phi) is 3.66. The average Bonchev–Trinajstić information content (AvgIpc) is 2.77. The Morgan fingerprint density at radius 3 is 2.95 bits per heavy atom. The van der Waals surface area contributed by atoms with Crippen LogP contribution in [0.15, 0.2) is 46.8 Å². The highest BCUT2D eigenvalue weighted by atomic mass is 32.2. The Hall–Kier alpha value is -1.92. The summed E-state index contributed by atoms with van der Waals surface area (Å²) in [7, 11) is 1.93. The molecule has 0 bridgehead atoms. The molecule has 0 aliphatic heterocycles. The van der Waals surface area contributed by atoms with Gasteiger partial charge in [-0.25, -0.2) is 15.0 Å². The first-order chi connectivity index (χ1) is 9.78. The monoisotopic (exact) mass is 285 g/mol. The van der Waals surface area contributed by atoms with Crippen molar-refractivity contribution in [1.29, 1.82) is 0 Å². The molecule has 3 aromatic heterocycles. The normalized spacial score (nSPS) is 11.1. The molecule has 0 aliphatic rings. The van der Waals surface area contributed by atoms with Crippen LogP contribution in [0.5, 0.6) is 0 Å². The largest absolute Gasteiger partial charge is 0.314 e. The lowest BCUT2D eigenvalue weighted by Crippen LogP contribution is -2.08. The lowest BCUT2D eigenvalue weighted by atomic mass is 10.4. The lowest BCUT2D eigenvalue weighted by Gasteiger charge is -2.03. The number of aromatic nitrogens is 4. The van der Waals surface area contributed by atoms with Gasteiger partial charge in [-0.05, 0) is 43.9 Å². The molecule has 0 aromatic carbocycles. The van der Waals surface area contributed by atoms with E-state index < -0.39 is 0 Å². The van der Waals surface area contributed by atoms with Gasteiger partial charge in [-0.2, -0.15) is 0 Å². The standard InChI is InChI=1S/C14H15N5S/c1-10-6-7-16-14(17-10)20-13-11(9-15-2)19-8-4-3-5-12(19)18-13/h3-8,15H,9H2,1-2H3. The number of hydrogen-bond donors (Lipinski definition) is 1. The van der Waals surface area contributed by atoms with E-state index in [1.165, 1.54) is 11.8 Å². The molecule has 20 heavy (non-hydrogen) atoms. The van der Waals surface area contributed by atoms with Gasteiger partial charge in [0.2, 0.25) is 0 Å². The van der Waals surface area contributed by atoms with E-state index in [0.717, 1.165) is 33.8 Å². The molecule has 0 saturated heterocycles. The van der Waals surface area contributed by atoms with E-state index in [-0.39, 0.29) is 0 Å². The minimum atomic E-state index is 0.728. The van der Waals surface area contributed by atoms with Gasteiger partial charge in [-0.15, -0.1) is 0 Å². The predicted octanol–water partition coefficient (Wildman–Crippen LogP) is 2.30. The summed E-state index contributed by atoms with van der Waals surface area (Å²) in [6.45, 7) is 2.71. The average molecular weight is 285 g/mol. The molecule has 0 atom stereocenters. The molecule has 0 fully saturated rings. The van der Waals surface area contributed by atoms with Crippen molar-refractivity contribution in [1.82, 2.24) is 24.7 Å². The molecule has 0 amide bonds. The fourth-order valence-electron chi connectivity index (χ4n) is 2.00. The second-order valence-corrected chi connectivity index (χ2v) is 5.36. The fraction of sp³-hybridized carbons (Fsp3) is 0.214. The maximum absolute atomic E-state index is 4.66. The first kappa shape index (κ1) is 13.1. The Labute approximate surface area is 121 Å². The summed E-state index contributed by atoms with van der Waals surface area (Å²) < 4.78 is 2.09. The van der Waals surface area contributed by atoms with Gasteiger partial charge in [-0.1, -0.05) is 6.07 Å². The summed E-state index contributed by atoms with van der Waals surface area (Å²) in [6, 6.07) is 7.89. The van der Waals surface area contributed by atoms with E-state index in [0.29, 0.717) is 0 Å². The minimum Gasteiger partial charge on any atom is -0.314 e. The third kappa shape index (κ3) is 2.52. The number of nitrogens with one attached hydrogen (secondary N) is 1. The molecule has 5 nitrogen and oxygen atoms in total. The van der Waals surface area contributed by atoms with Crippen LogP contribution in [0.1, 0.15) is 11.4 Å². The zero-order valence-electron chi connectivity index (χ0n) is 11.4. The van der Waals surface area contributed by atoms with E-state index in [2.05, 4.69) is 24.7 Å². The molecule has 0 unspecified atom stereocenters. The second-order valence-electron chi connectivity index (χ2n) is 4.41. The zero-order chi connectivity index (χ0) is 13.9. The highest BCUT2D eigenvalue weighted by Crippen LogP contribution is 2.28. The zero-order valence-corrected chi connectivity index (χ0v) is 12.2. The SMILES string of the molecule is CNCc1c(Sc2nccc(C)n2)nc2ccccn12. The smallest absolute Gasteiger partial charge is 0.194 e. The van der Waals surface area contributed by atoms with Crippen LogP contribution in [0.25, 0.3) is 5.65 Å². The van der Waals surface area contributed by atoms with Crippen LogP contribution in [0, 0.1) is 6.92 Å². The third-order valence-electron chi connectivity index (χ3n) is 2.90. The van der Waals surface area contributed by atoms with Crippen molar-refractivity contribution in [3.05, 3.63) is 48.0 Å². The Balaban J connectivity index is 2.04. The quantitative estimate of drug-likeness (QED) is 0.745. The van der Waals surface area contributed by atoms with Crippen molar-refractivity contribution in [3.63, 3.8) is 0 Å². The van der Waals surface area contributed by atoms with Crippen LogP contribution >= 0.6 is 11.8 Å². The Morgan fingerprint density at radius 2 is 2.15 bits per heavy atom. The first-order valence-electron chi connectivity index (χ1n) is 6.36. The topological polar surface area (TPSA) is 55.1 Å². The molecular formula is C14H15N5S. The molecule has 0 radical (unpaired) electrons. The fourth-order valence-corrected chi connectivity index (χ4v) is 2.90. The molecule has 3 aromatic rings. The number of rotatable bonds is 4. The van der Waals surface area contributed by atoms with Crippen LogP contribution in [-0.4, -0.2) is 26.4 Å². The van der Waals surface area contributed by atoms with E-state index in [9.17, 15) is 0 Å². The third-order valence-corrected chi connectivity index (χ3v) is 3.80. The molecule has 3 rings (SSSR count). The number of aryl methyl sites for hydroxylation is 1. The second kappa shape index (κ2) is 5.60. The Bertz CT molecular complexity index is 737. The number of imidazole rings is 1. The van der Waals surface area contributed by atoms with Crippen LogP contribution in [0.4, 0.5) is 0 Å². The van der Waals surface area contributed by atoms with Gasteiger partial charge >= 0.3 is 0 Å². The van der Waals surface area contributed by atoms with E-state index >= 15 is 0 Å². The van der Waals surface area contributed by atoms with Gasteiger partial charge in [0, 0.05) is 24.6 Å². The number of fused-ring (bicyclic) bond motifs is 1. The van der Waals surface area contributed by atoms with Gasteiger partial charge in [0.1, 0.15) is 10.7 Å². The maximum Gasteiger partial charge on any atom is 0.194 e. The van der Waals surface area contributed by atoms with Crippen molar-refractivity contribution >= 4 is 17.4 Å². The summed E-state index contributed by atoms with van der Waals surface area (Å²) >= 11 is 1.50. The molecule has 0 aliphatic carbocycles. The van der Waals surface area contributed by atoms with Crippen LogP contribution in [-0.2, 0) is 6.54 Å². The number of nitrogens with zero attached hydrogens (tertiary/aromatic N) is 4. The molecule has 0 spiro atoms. The summed E-state index contributed by atoms with van der Waals surface area (Å²) in [5, 5.41) is 4.85. The summed E-state index contributed by atoms with van der Waals surface area (Å²) in [6.07, 6.45) is 3.80. The maximum atomic E-state index is 4.66. The van der Waals surface area contributed by atoms with Gasteiger partial charge in [-0.3, -0.25) is 0 Å². The summed E-state index contributed by atoms with van der Waals surface area (Å²) in [4.78, 5) is 13.4. The lowest BCUT2D eigenvalue weighted by molar-refractivity contribution is 0.763. The van der Waals surface area contributed by atoms with Gasteiger partial charge in [0.05, 0.1) is 5.69 Å². The number of hydrogen-bond acceptors (Lipinski definition) is 5. The van der Waals surface area contributed by atoms with Crippen LogP contribution in [0.3, 0.4) is 0 Å². The predicted molar refractivity (Wildman–Crippen MR) is 78.8 cm³/mol. The highest BCUT2D eigenvalue weighted by molar-refractivity contribution is 7.99. The van der Waals surface area contributed by atoms with E-state index in [1.807, 2.05) is 44.4 Å². The minimum absolute atomic E-state index is 0.728. The highest BCUT2D eigenvalue weighted by Gasteiger charge is 2.13.